The van der Waals surface area contributed by atoms with Crippen molar-refractivity contribution in [3.05, 3.63) is 33.0 Å². The minimum Gasteiger partial charge on any atom is -0.351 e. The normalized spacial score (nSPS) is 12.1. The summed E-state index contributed by atoms with van der Waals surface area (Å²) in [6, 6.07) is 4.34. The van der Waals surface area contributed by atoms with Gasteiger partial charge in [-0.15, -0.1) is 0 Å². The van der Waals surface area contributed by atoms with Crippen LogP contribution in [0.1, 0.15) is 13.8 Å². The predicted octanol–water partition coefficient (Wildman–Crippen LogP) is 1.85. The maximum atomic E-state index is 12.6. The van der Waals surface area contributed by atoms with Gasteiger partial charge in [0, 0.05) is 11.0 Å². The van der Waals surface area contributed by atoms with Crippen LogP contribution in [0.4, 0.5) is 4.79 Å². The molecule has 0 fully saturated rings. The Bertz CT molecular complexity index is 837. The minimum atomic E-state index is -0.911. The van der Waals surface area contributed by atoms with Crippen LogP contribution in [-0.4, -0.2) is 26.7 Å². The summed E-state index contributed by atoms with van der Waals surface area (Å²) in [6.45, 7) is 3.85. The number of fused-ring (bicyclic) bond motifs is 1. The average Bonchev–Trinajstić information content (AvgIpc) is 2.47. The number of aromatic nitrogens is 2. The molecule has 0 saturated carbocycles. The highest BCUT2D eigenvalue weighted by molar-refractivity contribution is 9.10. The summed E-state index contributed by atoms with van der Waals surface area (Å²) in [5.41, 5.74) is 5.31. The maximum absolute atomic E-state index is 12.6. The molecule has 0 spiro atoms. The number of carbonyl (C=O) groups excluding carboxylic acids is 2. The number of halogens is 1. The number of rotatable bonds is 4. The first-order valence-electron chi connectivity index (χ1n) is 6.80. The summed E-state index contributed by atoms with van der Waals surface area (Å²) in [7, 11) is 0. The number of hydrogen-bond acceptors (Lipinski definition) is 5. The van der Waals surface area contributed by atoms with E-state index in [1.54, 1.807) is 25.1 Å². The first-order valence-corrected chi connectivity index (χ1v) is 8.47. The van der Waals surface area contributed by atoms with Crippen LogP contribution in [0.25, 0.3) is 10.9 Å². The third-order valence-electron chi connectivity index (χ3n) is 3.10. The van der Waals surface area contributed by atoms with Gasteiger partial charge in [-0.2, -0.15) is 0 Å². The number of benzene rings is 1. The minimum absolute atomic E-state index is 0.177. The molecule has 1 unspecified atom stereocenters. The lowest BCUT2D eigenvalue weighted by molar-refractivity contribution is -0.119. The van der Waals surface area contributed by atoms with Crippen LogP contribution in [0.2, 0.25) is 0 Å². The Hall–Kier alpha value is -1.87. The maximum Gasteiger partial charge on any atom is 0.318 e. The second-order valence-electron chi connectivity index (χ2n) is 4.72. The SMILES string of the molecule is CCn1c(SC(C)C(=O)NC(N)=O)nc2ccc(Br)cc2c1=O. The first kappa shape index (κ1) is 17.5. The van der Waals surface area contributed by atoms with Crippen molar-refractivity contribution in [3.8, 4) is 0 Å². The molecule has 3 N–H and O–H groups in total. The number of hydrogen-bond donors (Lipinski definition) is 2. The molecule has 0 aliphatic rings. The van der Waals surface area contributed by atoms with Crippen molar-refractivity contribution in [2.75, 3.05) is 0 Å². The molecular weight excluding hydrogens is 384 g/mol. The van der Waals surface area contributed by atoms with E-state index in [-0.39, 0.29) is 5.56 Å². The molecule has 1 aromatic heterocycles. The van der Waals surface area contributed by atoms with Crippen LogP contribution >= 0.6 is 27.7 Å². The molecule has 2 aromatic rings. The Balaban J connectivity index is 2.44. The zero-order valence-corrected chi connectivity index (χ0v) is 14.9. The summed E-state index contributed by atoms with van der Waals surface area (Å²) < 4.78 is 2.29. The molecule has 3 amide bonds. The van der Waals surface area contributed by atoms with Gasteiger partial charge in [0.15, 0.2) is 5.16 Å². The van der Waals surface area contributed by atoms with Crippen molar-refractivity contribution < 1.29 is 9.59 Å². The third-order valence-corrected chi connectivity index (χ3v) is 4.68. The highest BCUT2D eigenvalue weighted by Gasteiger charge is 2.20. The molecule has 122 valence electrons. The fourth-order valence-electron chi connectivity index (χ4n) is 1.98. The van der Waals surface area contributed by atoms with Crippen LogP contribution in [0.15, 0.2) is 32.6 Å². The van der Waals surface area contributed by atoms with Gasteiger partial charge in [-0.1, -0.05) is 27.7 Å². The van der Waals surface area contributed by atoms with E-state index in [1.807, 2.05) is 12.2 Å². The highest BCUT2D eigenvalue weighted by Crippen LogP contribution is 2.23. The molecule has 1 heterocycles. The molecular formula is C14H15BrN4O3S. The van der Waals surface area contributed by atoms with Crippen molar-refractivity contribution in [2.24, 2.45) is 5.73 Å². The fraction of sp³-hybridized carbons (Fsp3) is 0.286. The van der Waals surface area contributed by atoms with E-state index < -0.39 is 17.2 Å². The second kappa shape index (κ2) is 7.14. The van der Waals surface area contributed by atoms with Crippen LogP contribution < -0.4 is 16.6 Å². The van der Waals surface area contributed by atoms with Gasteiger partial charge < -0.3 is 5.73 Å². The van der Waals surface area contributed by atoms with E-state index in [9.17, 15) is 14.4 Å². The largest absolute Gasteiger partial charge is 0.351 e. The van der Waals surface area contributed by atoms with Crippen LogP contribution in [0.5, 0.6) is 0 Å². The van der Waals surface area contributed by atoms with Gasteiger partial charge in [0.25, 0.3) is 5.56 Å². The lowest BCUT2D eigenvalue weighted by atomic mass is 10.2. The zero-order valence-electron chi connectivity index (χ0n) is 12.5. The van der Waals surface area contributed by atoms with Gasteiger partial charge in [0.2, 0.25) is 5.91 Å². The molecule has 0 aliphatic heterocycles. The second-order valence-corrected chi connectivity index (χ2v) is 6.94. The molecule has 1 aromatic carbocycles. The summed E-state index contributed by atoms with van der Waals surface area (Å²) >= 11 is 4.43. The van der Waals surface area contributed by atoms with E-state index in [1.165, 1.54) is 4.57 Å². The van der Waals surface area contributed by atoms with Crippen molar-refractivity contribution in [3.63, 3.8) is 0 Å². The number of nitrogens with two attached hydrogens (primary N) is 1. The monoisotopic (exact) mass is 398 g/mol. The van der Waals surface area contributed by atoms with Gasteiger partial charge in [-0.25, -0.2) is 9.78 Å². The van der Waals surface area contributed by atoms with Crippen molar-refractivity contribution >= 4 is 50.5 Å². The number of nitrogens with one attached hydrogen (secondary N) is 1. The van der Waals surface area contributed by atoms with Crippen LogP contribution in [0, 0.1) is 0 Å². The van der Waals surface area contributed by atoms with Crippen LogP contribution in [-0.2, 0) is 11.3 Å². The summed E-state index contributed by atoms with van der Waals surface area (Å²) in [6.07, 6.45) is 0. The van der Waals surface area contributed by atoms with E-state index in [2.05, 4.69) is 20.9 Å². The van der Waals surface area contributed by atoms with Crippen molar-refractivity contribution in [2.45, 2.75) is 30.8 Å². The lowest BCUT2D eigenvalue weighted by Gasteiger charge is -2.14. The number of imide groups is 1. The molecule has 0 radical (unpaired) electrons. The Morgan fingerprint density at radius 1 is 1.48 bits per heavy atom. The predicted molar refractivity (Wildman–Crippen MR) is 92.4 cm³/mol. The Kier molecular flexibility index (Phi) is 5.42. The first-order chi connectivity index (χ1) is 10.8. The Labute approximate surface area is 144 Å². The number of nitrogens with zero attached hydrogens (tertiary/aromatic N) is 2. The Morgan fingerprint density at radius 2 is 2.17 bits per heavy atom. The summed E-state index contributed by atoms with van der Waals surface area (Å²) in [4.78, 5) is 39.6. The third kappa shape index (κ3) is 3.91. The Morgan fingerprint density at radius 3 is 2.78 bits per heavy atom. The summed E-state index contributed by atoms with van der Waals surface area (Å²) in [5.74, 6) is -0.532. The van der Waals surface area contributed by atoms with Crippen LogP contribution in [0.3, 0.4) is 0 Å². The number of amides is 3. The molecule has 23 heavy (non-hydrogen) atoms. The number of thioether (sulfide) groups is 1. The topological polar surface area (TPSA) is 107 Å². The van der Waals surface area contributed by atoms with E-state index >= 15 is 0 Å². The fourth-order valence-corrected chi connectivity index (χ4v) is 3.31. The van der Waals surface area contributed by atoms with Gasteiger partial charge in [0.05, 0.1) is 16.2 Å². The van der Waals surface area contributed by atoms with Gasteiger partial charge in [-0.05, 0) is 32.0 Å². The van der Waals surface area contributed by atoms with Gasteiger partial charge in [0.1, 0.15) is 0 Å². The number of urea groups is 1. The van der Waals surface area contributed by atoms with Crippen molar-refractivity contribution in [1.29, 1.82) is 0 Å². The average molecular weight is 399 g/mol. The van der Waals surface area contributed by atoms with Crippen molar-refractivity contribution in [1.82, 2.24) is 14.9 Å². The van der Waals surface area contributed by atoms with E-state index in [0.29, 0.717) is 22.6 Å². The number of carbonyl (C=O) groups is 2. The highest BCUT2D eigenvalue weighted by atomic mass is 79.9. The molecule has 0 saturated heterocycles. The molecule has 7 nitrogen and oxygen atoms in total. The lowest BCUT2D eigenvalue weighted by Crippen LogP contribution is -2.39. The van der Waals surface area contributed by atoms with Gasteiger partial charge >= 0.3 is 6.03 Å². The molecule has 0 aliphatic carbocycles. The summed E-state index contributed by atoms with van der Waals surface area (Å²) in [5, 5.41) is 2.31. The van der Waals surface area contributed by atoms with Gasteiger partial charge in [-0.3, -0.25) is 19.5 Å². The van der Waals surface area contributed by atoms with E-state index in [0.717, 1.165) is 16.2 Å². The smallest absolute Gasteiger partial charge is 0.318 e. The van der Waals surface area contributed by atoms with E-state index in [4.69, 9.17) is 5.73 Å². The molecule has 9 heteroatoms. The quantitative estimate of drug-likeness (QED) is 0.603. The molecule has 1 atom stereocenters. The standard InChI is InChI=1S/C14H15BrN4O3S/c1-3-19-12(21)9-6-8(15)4-5-10(9)17-14(19)23-7(2)11(20)18-13(16)22/h4-7H,3H2,1-2H3,(H3,16,18,20,22). The number of primary amides is 1. The zero-order chi connectivity index (χ0) is 17.1. The molecule has 2 rings (SSSR count). The molecule has 0 bridgehead atoms.